The lowest BCUT2D eigenvalue weighted by molar-refractivity contribution is -0.124. The molecule has 0 aromatic heterocycles. The van der Waals surface area contributed by atoms with Gasteiger partial charge in [0.25, 0.3) is 5.91 Å². The summed E-state index contributed by atoms with van der Waals surface area (Å²) in [6.07, 6.45) is 1.52. The molecule has 0 spiro atoms. The SMILES string of the molecule is CCNC(=O)NC(=O)CO/N=C\c1ccc(C(C)C)cc1. The molecular weight excluding hydrogens is 270 g/mol. The summed E-state index contributed by atoms with van der Waals surface area (Å²) in [6.45, 7) is 6.15. The van der Waals surface area contributed by atoms with Gasteiger partial charge in [-0.15, -0.1) is 0 Å². The maximum atomic E-state index is 11.3. The average molecular weight is 291 g/mol. The Morgan fingerprint density at radius 1 is 1.29 bits per heavy atom. The predicted molar refractivity (Wildman–Crippen MR) is 81.3 cm³/mol. The third-order valence-electron chi connectivity index (χ3n) is 2.67. The van der Waals surface area contributed by atoms with Gasteiger partial charge < -0.3 is 10.2 Å². The third-order valence-corrected chi connectivity index (χ3v) is 2.67. The van der Waals surface area contributed by atoms with E-state index in [2.05, 4.69) is 29.6 Å². The van der Waals surface area contributed by atoms with Crippen molar-refractivity contribution in [3.63, 3.8) is 0 Å². The molecule has 6 nitrogen and oxygen atoms in total. The van der Waals surface area contributed by atoms with E-state index in [-0.39, 0.29) is 6.61 Å². The number of oxime groups is 1. The van der Waals surface area contributed by atoms with Crippen LogP contribution in [-0.2, 0) is 9.63 Å². The van der Waals surface area contributed by atoms with E-state index < -0.39 is 11.9 Å². The highest BCUT2D eigenvalue weighted by Gasteiger charge is 2.06. The summed E-state index contributed by atoms with van der Waals surface area (Å²) in [4.78, 5) is 27.2. The zero-order chi connectivity index (χ0) is 15.7. The Morgan fingerprint density at radius 3 is 2.52 bits per heavy atom. The van der Waals surface area contributed by atoms with Crippen molar-refractivity contribution in [3.05, 3.63) is 35.4 Å². The van der Waals surface area contributed by atoms with Crippen molar-refractivity contribution in [2.45, 2.75) is 26.7 Å². The Morgan fingerprint density at radius 2 is 1.95 bits per heavy atom. The summed E-state index contributed by atoms with van der Waals surface area (Å²) in [7, 11) is 0. The first-order valence-corrected chi connectivity index (χ1v) is 6.86. The first-order valence-electron chi connectivity index (χ1n) is 6.86. The predicted octanol–water partition coefficient (Wildman–Crippen LogP) is 2.01. The van der Waals surface area contributed by atoms with Gasteiger partial charge in [0.05, 0.1) is 6.21 Å². The number of rotatable bonds is 6. The fourth-order valence-electron chi connectivity index (χ4n) is 1.53. The summed E-state index contributed by atoms with van der Waals surface area (Å²) in [5.74, 6) is -0.0709. The molecule has 6 heteroatoms. The molecule has 1 aromatic carbocycles. The highest BCUT2D eigenvalue weighted by molar-refractivity contribution is 5.94. The first kappa shape index (κ1) is 16.7. The maximum Gasteiger partial charge on any atom is 0.321 e. The van der Waals surface area contributed by atoms with Crippen molar-refractivity contribution in [1.82, 2.24) is 10.6 Å². The van der Waals surface area contributed by atoms with Crippen molar-refractivity contribution in [1.29, 1.82) is 0 Å². The van der Waals surface area contributed by atoms with E-state index in [0.717, 1.165) is 5.56 Å². The number of hydrogen-bond acceptors (Lipinski definition) is 4. The quantitative estimate of drug-likeness (QED) is 0.621. The fraction of sp³-hybridized carbons (Fsp3) is 0.400. The average Bonchev–Trinajstić information content (AvgIpc) is 2.44. The summed E-state index contributed by atoms with van der Waals surface area (Å²) >= 11 is 0. The van der Waals surface area contributed by atoms with Crippen molar-refractivity contribution in [3.8, 4) is 0 Å². The Kier molecular flexibility index (Phi) is 6.94. The van der Waals surface area contributed by atoms with Gasteiger partial charge in [0.1, 0.15) is 0 Å². The van der Waals surface area contributed by atoms with E-state index >= 15 is 0 Å². The summed E-state index contributed by atoms with van der Waals surface area (Å²) < 4.78 is 0. The van der Waals surface area contributed by atoms with Gasteiger partial charge in [-0.05, 0) is 24.0 Å². The molecule has 0 bridgehead atoms. The summed E-state index contributed by atoms with van der Waals surface area (Å²) in [5, 5.41) is 8.25. The van der Waals surface area contributed by atoms with Crippen LogP contribution in [0.25, 0.3) is 0 Å². The molecule has 0 unspecified atom stereocenters. The highest BCUT2D eigenvalue weighted by atomic mass is 16.6. The molecule has 21 heavy (non-hydrogen) atoms. The van der Waals surface area contributed by atoms with E-state index in [4.69, 9.17) is 4.84 Å². The van der Waals surface area contributed by atoms with Gasteiger partial charge in [0, 0.05) is 6.54 Å². The zero-order valence-corrected chi connectivity index (χ0v) is 12.6. The summed E-state index contributed by atoms with van der Waals surface area (Å²) in [6, 6.07) is 7.36. The van der Waals surface area contributed by atoms with E-state index in [1.54, 1.807) is 6.92 Å². The van der Waals surface area contributed by atoms with Gasteiger partial charge >= 0.3 is 6.03 Å². The second-order valence-electron chi connectivity index (χ2n) is 4.74. The van der Waals surface area contributed by atoms with Gasteiger partial charge in [0.15, 0.2) is 6.61 Å². The van der Waals surface area contributed by atoms with Crippen LogP contribution < -0.4 is 10.6 Å². The molecule has 0 aliphatic rings. The monoisotopic (exact) mass is 291 g/mol. The van der Waals surface area contributed by atoms with Gasteiger partial charge in [0.2, 0.25) is 0 Å². The Hall–Kier alpha value is -2.37. The zero-order valence-electron chi connectivity index (χ0n) is 12.6. The van der Waals surface area contributed by atoms with Crippen LogP contribution in [0.5, 0.6) is 0 Å². The maximum absolute atomic E-state index is 11.3. The molecule has 2 N–H and O–H groups in total. The number of amides is 3. The number of nitrogens with zero attached hydrogens (tertiary/aromatic N) is 1. The molecule has 0 radical (unpaired) electrons. The fourth-order valence-corrected chi connectivity index (χ4v) is 1.53. The largest absolute Gasteiger partial charge is 0.386 e. The van der Waals surface area contributed by atoms with Gasteiger partial charge in [-0.25, -0.2) is 4.79 Å². The number of carbonyl (C=O) groups is 2. The minimum absolute atomic E-state index is 0.308. The molecule has 0 saturated heterocycles. The van der Waals surface area contributed by atoms with Crippen LogP contribution in [-0.4, -0.2) is 31.3 Å². The van der Waals surface area contributed by atoms with Crippen molar-refractivity contribution in [2.75, 3.05) is 13.2 Å². The number of benzene rings is 1. The van der Waals surface area contributed by atoms with Gasteiger partial charge in [-0.3, -0.25) is 10.1 Å². The lowest BCUT2D eigenvalue weighted by atomic mass is 10.0. The smallest absolute Gasteiger partial charge is 0.321 e. The molecule has 0 atom stereocenters. The molecule has 0 aliphatic heterocycles. The number of imide groups is 1. The van der Waals surface area contributed by atoms with Gasteiger partial charge in [-0.2, -0.15) is 0 Å². The van der Waals surface area contributed by atoms with E-state index in [1.807, 2.05) is 24.3 Å². The number of nitrogens with one attached hydrogen (secondary N) is 2. The first-order chi connectivity index (χ1) is 10.0. The normalized spacial score (nSPS) is 10.7. The summed E-state index contributed by atoms with van der Waals surface area (Å²) in [5.41, 5.74) is 2.12. The van der Waals surface area contributed by atoms with Crippen LogP contribution in [0, 0.1) is 0 Å². The second kappa shape index (κ2) is 8.73. The number of urea groups is 1. The van der Waals surface area contributed by atoms with Crippen LogP contribution in [0.3, 0.4) is 0 Å². The molecule has 114 valence electrons. The number of carbonyl (C=O) groups excluding carboxylic acids is 2. The molecule has 1 rings (SSSR count). The number of hydrogen-bond donors (Lipinski definition) is 2. The Labute approximate surface area is 124 Å². The highest BCUT2D eigenvalue weighted by Crippen LogP contribution is 2.13. The van der Waals surface area contributed by atoms with Gasteiger partial charge in [-0.1, -0.05) is 43.3 Å². The lowest BCUT2D eigenvalue weighted by Gasteiger charge is -2.04. The second-order valence-corrected chi connectivity index (χ2v) is 4.74. The van der Waals surface area contributed by atoms with Crippen LogP contribution in [0.2, 0.25) is 0 Å². The molecule has 0 heterocycles. The Bertz CT molecular complexity index is 495. The molecule has 0 aliphatic carbocycles. The molecule has 0 fully saturated rings. The topological polar surface area (TPSA) is 79.8 Å². The molecule has 3 amide bonds. The van der Waals surface area contributed by atoms with E-state index in [1.165, 1.54) is 11.8 Å². The lowest BCUT2D eigenvalue weighted by Crippen LogP contribution is -2.40. The van der Waals surface area contributed by atoms with Crippen LogP contribution in [0.15, 0.2) is 29.4 Å². The van der Waals surface area contributed by atoms with E-state index in [9.17, 15) is 9.59 Å². The molecular formula is C15H21N3O3. The third kappa shape index (κ3) is 6.56. The van der Waals surface area contributed by atoms with Crippen LogP contribution in [0.4, 0.5) is 4.79 Å². The minimum Gasteiger partial charge on any atom is -0.386 e. The van der Waals surface area contributed by atoms with Crippen molar-refractivity contribution >= 4 is 18.2 Å². The molecule has 1 aromatic rings. The minimum atomic E-state index is -0.548. The van der Waals surface area contributed by atoms with E-state index in [0.29, 0.717) is 12.5 Å². The molecule has 0 saturated carbocycles. The van der Waals surface area contributed by atoms with Crippen LogP contribution in [0.1, 0.15) is 37.8 Å². The van der Waals surface area contributed by atoms with Crippen molar-refractivity contribution in [2.24, 2.45) is 5.16 Å². The van der Waals surface area contributed by atoms with Crippen molar-refractivity contribution < 1.29 is 14.4 Å². The Balaban J connectivity index is 2.34. The van der Waals surface area contributed by atoms with Crippen LogP contribution >= 0.6 is 0 Å². The standard InChI is InChI=1S/C15H21N3O3/c1-4-16-15(20)18-14(19)10-21-17-9-12-5-7-13(8-6-12)11(2)3/h5-9,11H,4,10H2,1-3H3,(H2,16,18,19,20)/b17-9-.